The van der Waals surface area contributed by atoms with Crippen molar-refractivity contribution in [1.82, 2.24) is 5.32 Å². The fraction of sp³-hybridized carbons (Fsp3) is 0.909. The maximum absolute atomic E-state index is 11.5. The van der Waals surface area contributed by atoms with Gasteiger partial charge >= 0.3 is 0 Å². The molecule has 2 fully saturated rings. The van der Waals surface area contributed by atoms with Crippen LogP contribution >= 0.6 is 0 Å². The van der Waals surface area contributed by atoms with E-state index in [2.05, 4.69) is 5.32 Å². The van der Waals surface area contributed by atoms with Gasteiger partial charge in [-0.1, -0.05) is 6.42 Å². The maximum atomic E-state index is 11.5. The molecule has 2 N–H and O–H groups in total. The highest BCUT2D eigenvalue weighted by atomic mass is 16.5. The SMILES string of the molecule is O=C(NCC1CCC(CO)O1)C1CCC1. The zero-order chi connectivity index (χ0) is 10.7. The summed E-state index contributed by atoms with van der Waals surface area (Å²) in [6.45, 7) is 0.693. The summed E-state index contributed by atoms with van der Waals surface area (Å²) in [4.78, 5) is 11.5. The molecule has 1 aliphatic carbocycles. The molecule has 2 unspecified atom stereocenters. The van der Waals surface area contributed by atoms with Gasteiger partial charge in [-0.05, 0) is 25.7 Å². The summed E-state index contributed by atoms with van der Waals surface area (Å²) in [5.41, 5.74) is 0. The lowest BCUT2D eigenvalue weighted by Crippen LogP contribution is -2.38. The number of amides is 1. The van der Waals surface area contributed by atoms with Gasteiger partial charge < -0.3 is 15.2 Å². The van der Waals surface area contributed by atoms with E-state index in [1.807, 2.05) is 0 Å². The predicted molar refractivity (Wildman–Crippen MR) is 55.3 cm³/mol. The van der Waals surface area contributed by atoms with Gasteiger partial charge in [0.2, 0.25) is 5.91 Å². The van der Waals surface area contributed by atoms with E-state index in [-0.39, 0.29) is 30.6 Å². The van der Waals surface area contributed by atoms with E-state index in [0.717, 1.165) is 25.7 Å². The van der Waals surface area contributed by atoms with Crippen molar-refractivity contribution in [3.05, 3.63) is 0 Å². The molecule has 0 spiro atoms. The minimum Gasteiger partial charge on any atom is -0.394 e. The summed E-state index contributed by atoms with van der Waals surface area (Å²) in [6, 6.07) is 0. The highest BCUT2D eigenvalue weighted by molar-refractivity contribution is 5.79. The lowest BCUT2D eigenvalue weighted by Gasteiger charge is -2.24. The average Bonchev–Trinajstić information content (AvgIpc) is 2.59. The molecule has 1 heterocycles. The highest BCUT2D eigenvalue weighted by Crippen LogP contribution is 2.26. The predicted octanol–water partition coefficient (Wildman–Crippen LogP) is 0.443. The first-order valence-corrected chi connectivity index (χ1v) is 5.83. The fourth-order valence-corrected chi connectivity index (χ4v) is 2.09. The molecule has 1 saturated heterocycles. The van der Waals surface area contributed by atoms with Gasteiger partial charge in [0.15, 0.2) is 0 Å². The van der Waals surface area contributed by atoms with Crippen LogP contribution in [0, 0.1) is 5.92 Å². The molecule has 2 atom stereocenters. The van der Waals surface area contributed by atoms with Crippen LogP contribution in [0.1, 0.15) is 32.1 Å². The van der Waals surface area contributed by atoms with Gasteiger partial charge in [-0.3, -0.25) is 4.79 Å². The Hall–Kier alpha value is -0.610. The number of aliphatic hydroxyl groups is 1. The Labute approximate surface area is 90.0 Å². The van der Waals surface area contributed by atoms with E-state index in [1.165, 1.54) is 6.42 Å². The Morgan fingerprint density at radius 3 is 2.53 bits per heavy atom. The number of hydrogen-bond acceptors (Lipinski definition) is 3. The topological polar surface area (TPSA) is 58.6 Å². The van der Waals surface area contributed by atoms with Gasteiger partial charge in [0.05, 0.1) is 18.8 Å². The monoisotopic (exact) mass is 213 g/mol. The second-order valence-electron chi connectivity index (χ2n) is 4.51. The zero-order valence-electron chi connectivity index (χ0n) is 8.95. The smallest absolute Gasteiger partial charge is 0.223 e. The summed E-state index contributed by atoms with van der Waals surface area (Å²) in [5.74, 6) is 0.428. The molecule has 2 rings (SSSR count). The molecule has 1 amide bonds. The second kappa shape index (κ2) is 4.94. The lowest BCUT2D eigenvalue weighted by molar-refractivity contribution is -0.128. The Balaban J connectivity index is 1.63. The number of ether oxygens (including phenoxy) is 1. The maximum Gasteiger partial charge on any atom is 0.223 e. The van der Waals surface area contributed by atoms with Crippen LogP contribution in [0.25, 0.3) is 0 Å². The third-order valence-electron chi connectivity index (χ3n) is 3.38. The number of aliphatic hydroxyl groups excluding tert-OH is 1. The van der Waals surface area contributed by atoms with Crippen LogP contribution in [0.15, 0.2) is 0 Å². The molecule has 0 aromatic heterocycles. The van der Waals surface area contributed by atoms with Gasteiger partial charge in [-0.25, -0.2) is 0 Å². The Kier molecular flexibility index (Phi) is 3.59. The van der Waals surface area contributed by atoms with Crippen LogP contribution in [0.3, 0.4) is 0 Å². The third-order valence-corrected chi connectivity index (χ3v) is 3.38. The van der Waals surface area contributed by atoms with Crippen molar-refractivity contribution in [2.75, 3.05) is 13.2 Å². The van der Waals surface area contributed by atoms with Crippen molar-refractivity contribution in [2.45, 2.75) is 44.3 Å². The Morgan fingerprint density at radius 1 is 1.27 bits per heavy atom. The molecule has 0 aromatic carbocycles. The molecular weight excluding hydrogens is 194 g/mol. The first-order valence-electron chi connectivity index (χ1n) is 5.83. The van der Waals surface area contributed by atoms with Crippen LogP contribution in [0.2, 0.25) is 0 Å². The second-order valence-corrected chi connectivity index (χ2v) is 4.51. The Bertz CT molecular complexity index is 228. The molecule has 2 aliphatic rings. The fourth-order valence-electron chi connectivity index (χ4n) is 2.09. The van der Waals surface area contributed by atoms with Crippen molar-refractivity contribution in [3.8, 4) is 0 Å². The summed E-state index contributed by atoms with van der Waals surface area (Å²) in [7, 11) is 0. The van der Waals surface area contributed by atoms with E-state index in [0.29, 0.717) is 6.54 Å². The molecule has 0 radical (unpaired) electrons. The largest absolute Gasteiger partial charge is 0.394 e. The van der Waals surface area contributed by atoms with Gasteiger partial charge in [-0.2, -0.15) is 0 Å². The standard InChI is InChI=1S/C11H19NO3/c13-7-10-5-4-9(15-10)6-12-11(14)8-2-1-3-8/h8-10,13H,1-7H2,(H,12,14). The summed E-state index contributed by atoms with van der Waals surface area (Å²) in [6.07, 6.45) is 5.19. The molecule has 0 bridgehead atoms. The van der Waals surface area contributed by atoms with Gasteiger partial charge in [0, 0.05) is 12.5 Å². The van der Waals surface area contributed by atoms with Crippen molar-refractivity contribution < 1.29 is 14.6 Å². The van der Waals surface area contributed by atoms with Crippen LogP contribution in [-0.2, 0) is 9.53 Å². The van der Waals surface area contributed by atoms with Crippen molar-refractivity contribution in [3.63, 3.8) is 0 Å². The minimum absolute atomic E-state index is 0.0180. The molecule has 1 saturated carbocycles. The van der Waals surface area contributed by atoms with Crippen molar-refractivity contribution in [1.29, 1.82) is 0 Å². The van der Waals surface area contributed by atoms with Gasteiger partial charge in [0.1, 0.15) is 0 Å². The van der Waals surface area contributed by atoms with E-state index in [9.17, 15) is 4.79 Å². The number of hydrogen-bond donors (Lipinski definition) is 2. The van der Waals surface area contributed by atoms with Crippen LogP contribution in [0.4, 0.5) is 0 Å². The number of nitrogens with one attached hydrogen (secondary N) is 1. The van der Waals surface area contributed by atoms with Crippen LogP contribution in [0.5, 0.6) is 0 Å². The lowest BCUT2D eigenvalue weighted by atomic mass is 9.85. The van der Waals surface area contributed by atoms with Crippen molar-refractivity contribution >= 4 is 5.91 Å². The minimum atomic E-state index is -0.0180. The van der Waals surface area contributed by atoms with E-state index >= 15 is 0 Å². The van der Waals surface area contributed by atoms with Gasteiger partial charge in [0.25, 0.3) is 0 Å². The van der Waals surface area contributed by atoms with E-state index < -0.39 is 0 Å². The summed E-state index contributed by atoms with van der Waals surface area (Å²) < 4.78 is 5.53. The quantitative estimate of drug-likeness (QED) is 0.712. The molecule has 4 heteroatoms. The molecule has 1 aliphatic heterocycles. The van der Waals surface area contributed by atoms with E-state index in [1.54, 1.807) is 0 Å². The normalized spacial score (nSPS) is 31.3. The van der Waals surface area contributed by atoms with Crippen LogP contribution < -0.4 is 5.32 Å². The Morgan fingerprint density at radius 2 is 2.00 bits per heavy atom. The number of carbonyl (C=O) groups is 1. The first kappa shape index (κ1) is 10.9. The molecule has 15 heavy (non-hydrogen) atoms. The molecular formula is C11H19NO3. The van der Waals surface area contributed by atoms with Crippen molar-refractivity contribution in [2.24, 2.45) is 5.92 Å². The zero-order valence-corrected chi connectivity index (χ0v) is 8.95. The number of rotatable bonds is 4. The molecule has 4 nitrogen and oxygen atoms in total. The molecule has 0 aromatic rings. The first-order chi connectivity index (χ1) is 7.29. The van der Waals surface area contributed by atoms with E-state index in [4.69, 9.17) is 9.84 Å². The summed E-state index contributed by atoms with van der Waals surface area (Å²) in [5, 5.41) is 11.8. The summed E-state index contributed by atoms with van der Waals surface area (Å²) >= 11 is 0. The number of carbonyl (C=O) groups excluding carboxylic acids is 1. The third kappa shape index (κ3) is 2.69. The van der Waals surface area contributed by atoms with Crippen LogP contribution in [-0.4, -0.2) is 36.4 Å². The molecule has 86 valence electrons. The van der Waals surface area contributed by atoms with Gasteiger partial charge in [-0.15, -0.1) is 0 Å². The average molecular weight is 213 g/mol. The highest BCUT2D eigenvalue weighted by Gasteiger charge is 2.28.